The van der Waals surface area contributed by atoms with E-state index in [-0.39, 0.29) is 0 Å². The van der Waals surface area contributed by atoms with E-state index in [9.17, 15) is 0 Å². The van der Waals surface area contributed by atoms with Gasteiger partial charge in [-0.05, 0) is 68.4 Å². The third-order valence-electron chi connectivity index (χ3n) is 5.60. The smallest absolute Gasteiger partial charge is 0.00147 e. The van der Waals surface area contributed by atoms with Crippen molar-refractivity contribution < 1.29 is 0 Å². The molecular weight excluding hydrogens is 218 g/mol. The molecule has 3 aliphatic carbocycles. The van der Waals surface area contributed by atoms with Crippen LogP contribution in [-0.4, -0.2) is 13.1 Å². The Hall–Kier alpha value is -0.300. The van der Waals surface area contributed by atoms with Gasteiger partial charge >= 0.3 is 0 Å². The molecule has 1 nitrogen and oxygen atoms in total. The Morgan fingerprint density at radius 3 is 2.78 bits per heavy atom. The van der Waals surface area contributed by atoms with Crippen molar-refractivity contribution in [3.05, 3.63) is 12.2 Å². The highest BCUT2D eigenvalue weighted by molar-refractivity contribution is 5.10. The zero-order valence-corrected chi connectivity index (χ0v) is 11.9. The zero-order valence-electron chi connectivity index (χ0n) is 11.9. The van der Waals surface area contributed by atoms with Gasteiger partial charge in [0.05, 0.1) is 0 Å². The molecule has 1 heteroatoms. The lowest BCUT2D eigenvalue weighted by molar-refractivity contribution is 0.265. The van der Waals surface area contributed by atoms with Crippen LogP contribution in [0.5, 0.6) is 0 Å². The minimum absolute atomic E-state index is 0.914. The Labute approximate surface area is 112 Å². The Kier molecular flexibility index (Phi) is 4.08. The first-order chi connectivity index (χ1) is 8.81. The lowest BCUT2D eigenvalue weighted by Gasteiger charge is -2.27. The van der Waals surface area contributed by atoms with E-state index in [1.54, 1.807) is 0 Å². The maximum absolute atomic E-state index is 3.74. The van der Waals surface area contributed by atoms with Crippen LogP contribution in [0.1, 0.15) is 51.9 Å². The standard InChI is InChI=1S/C17H29N/c1-13-3-2-4-14(9-13)7-8-18-12-17-11-15-5-6-16(17)10-15/h5-6,13-18H,2-4,7-12H2,1H3. The molecule has 2 fully saturated rings. The molecule has 0 radical (unpaired) electrons. The van der Waals surface area contributed by atoms with Crippen LogP contribution >= 0.6 is 0 Å². The van der Waals surface area contributed by atoms with Crippen LogP contribution in [0.2, 0.25) is 0 Å². The summed E-state index contributed by atoms with van der Waals surface area (Å²) in [7, 11) is 0. The lowest BCUT2D eigenvalue weighted by Crippen LogP contribution is -2.28. The van der Waals surface area contributed by atoms with E-state index < -0.39 is 0 Å². The highest BCUT2D eigenvalue weighted by Gasteiger charge is 2.34. The van der Waals surface area contributed by atoms with E-state index in [0.29, 0.717) is 0 Å². The van der Waals surface area contributed by atoms with Crippen molar-refractivity contribution in [1.82, 2.24) is 5.32 Å². The summed E-state index contributed by atoms with van der Waals surface area (Å²) >= 11 is 0. The molecule has 3 aliphatic rings. The van der Waals surface area contributed by atoms with Crippen LogP contribution in [0.15, 0.2) is 12.2 Å². The highest BCUT2D eigenvalue weighted by atomic mass is 14.9. The summed E-state index contributed by atoms with van der Waals surface area (Å²) in [6.45, 7) is 4.96. The highest BCUT2D eigenvalue weighted by Crippen LogP contribution is 2.42. The van der Waals surface area contributed by atoms with Crippen molar-refractivity contribution in [3.63, 3.8) is 0 Å². The average Bonchev–Trinajstić information content (AvgIpc) is 2.97. The van der Waals surface area contributed by atoms with E-state index in [0.717, 1.165) is 29.6 Å². The quantitative estimate of drug-likeness (QED) is 0.572. The summed E-state index contributed by atoms with van der Waals surface area (Å²) in [4.78, 5) is 0. The number of nitrogens with one attached hydrogen (secondary N) is 1. The average molecular weight is 247 g/mol. The predicted molar refractivity (Wildman–Crippen MR) is 77.5 cm³/mol. The van der Waals surface area contributed by atoms with Gasteiger partial charge in [-0.25, -0.2) is 0 Å². The molecule has 102 valence electrons. The fourth-order valence-corrected chi connectivity index (χ4v) is 4.54. The van der Waals surface area contributed by atoms with Crippen molar-refractivity contribution in [3.8, 4) is 0 Å². The molecule has 18 heavy (non-hydrogen) atoms. The summed E-state index contributed by atoms with van der Waals surface area (Å²) in [5.74, 6) is 4.80. The summed E-state index contributed by atoms with van der Waals surface area (Å²) in [6.07, 6.45) is 15.2. The summed E-state index contributed by atoms with van der Waals surface area (Å²) < 4.78 is 0. The largest absolute Gasteiger partial charge is 0.316 e. The maximum Gasteiger partial charge on any atom is -0.00147 e. The Bertz CT molecular complexity index is 296. The Morgan fingerprint density at radius 2 is 2.06 bits per heavy atom. The van der Waals surface area contributed by atoms with Gasteiger partial charge in [0, 0.05) is 0 Å². The molecule has 0 heterocycles. The minimum atomic E-state index is 0.914. The van der Waals surface area contributed by atoms with Crippen molar-refractivity contribution in [2.24, 2.45) is 29.6 Å². The Morgan fingerprint density at radius 1 is 1.11 bits per heavy atom. The van der Waals surface area contributed by atoms with Gasteiger partial charge in [0.25, 0.3) is 0 Å². The van der Waals surface area contributed by atoms with Gasteiger partial charge in [-0.3, -0.25) is 0 Å². The Balaban J connectivity index is 1.30. The topological polar surface area (TPSA) is 12.0 Å². The maximum atomic E-state index is 3.74. The zero-order chi connectivity index (χ0) is 12.4. The van der Waals surface area contributed by atoms with Gasteiger partial charge in [0.2, 0.25) is 0 Å². The second kappa shape index (κ2) is 5.77. The second-order valence-corrected chi connectivity index (χ2v) is 7.17. The fourth-order valence-electron chi connectivity index (χ4n) is 4.54. The molecule has 0 amide bonds. The summed E-state index contributed by atoms with van der Waals surface area (Å²) in [5, 5.41) is 3.74. The predicted octanol–water partition coefficient (Wildman–Crippen LogP) is 4.00. The van der Waals surface area contributed by atoms with Gasteiger partial charge in [-0.1, -0.05) is 38.3 Å². The number of allylic oxidation sites excluding steroid dienone is 2. The molecule has 3 rings (SSSR count). The molecule has 1 N–H and O–H groups in total. The second-order valence-electron chi connectivity index (χ2n) is 7.17. The van der Waals surface area contributed by atoms with E-state index in [1.165, 1.54) is 58.0 Å². The molecule has 0 aromatic heterocycles. The third kappa shape index (κ3) is 2.99. The van der Waals surface area contributed by atoms with Crippen molar-refractivity contribution >= 4 is 0 Å². The van der Waals surface area contributed by atoms with Gasteiger partial charge in [-0.15, -0.1) is 0 Å². The van der Waals surface area contributed by atoms with Crippen LogP contribution < -0.4 is 5.32 Å². The molecule has 0 aliphatic heterocycles. The molecule has 0 aromatic rings. The molecule has 0 aromatic carbocycles. The number of hydrogen-bond donors (Lipinski definition) is 1. The van der Waals surface area contributed by atoms with Gasteiger partial charge in [0.15, 0.2) is 0 Å². The van der Waals surface area contributed by atoms with Gasteiger partial charge in [-0.2, -0.15) is 0 Å². The van der Waals surface area contributed by atoms with Crippen LogP contribution in [0.25, 0.3) is 0 Å². The normalized spacial score (nSPS) is 42.6. The molecule has 0 saturated heterocycles. The minimum Gasteiger partial charge on any atom is -0.316 e. The first-order valence-electron chi connectivity index (χ1n) is 8.20. The van der Waals surface area contributed by atoms with Crippen LogP contribution in [0.3, 0.4) is 0 Å². The molecule has 0 spiro atoms. The molecule has 5 atom stereocenters. The van der Waals surface area contributed by atoms with Crippen LogP contribution in [0, 0.1) is 29.6 Å². The monoisotopic (exact) mass is 247 g/mol. The lowest BCUT2D eigenvalue weighted by atomic mass is 9.81. The number of rotatable bonds is 5. The van der Waals surface area contributed by atoms with E-state index in [4.69, 9.17) is 0 Å². The molecule has 5 unspecified atom stereocenters. The van der Waals surface area contributed by atoms with Gasteiger partial charge in [0.1, 0.15) is 0 Å². The number of hydrogen-bond acceptors (Lipinski definition) is 1. The van der Waals surface area contributed by atoms with E-state index in [2.05, 4.69) is 24.4 Å². The van der Waals surface area contributed by atoms with Crippen LogP contribution in [-0.2, 0) is 0 Å². The van der Waals surface area contributed by atoms with Crippen molar-refractivity contribution in [2.75, 3.05) is 13.1 Å². The summed E-state index contributed by atoms with van der Waals surface area (Å²) in [5.41, 5.74) is 0. The summed E-state index contributed by atoms with van der Waals surface area (Å²) in [6, 6.07) is 0. The molecular formula is C17H29N. The molecule has 2 bridgehead atoms. The SMILES string of the molecule is CC1CCCC(CCNCC2CC3C=CC2C3)C1. The van der Waals surface area contributed by atoms with Crippen molar-refractivity contribution in [2.45, 2.75) is 51.9 Å². The van der Waals surface area contributed by atoms with E-state index in [1.807, 2.05) is 0 Å². The van der Waals surface area contributed by atoms with Gasteiger partial charge < -0.3 is 5.32 Å². The number of fused-ring (bicyclic) bond motifs is 2. The first-order valence-corrected chi connectivity index (χ1v) is 8.20. The fraction of sp³-hybridized carbons (Fsp3) is 0.882. The molecule has 2 saturated carbocycles. The third-order valence-corrected chi connectivity index (χ3v) is 5.60. The first kappa shape index (κ1) is 12.7. The van der Waals surface area contributed by atoms with Crippen molar-refractivity contribution in [1.29, 1.82) is 0 Å². The van der Waals surface area contributed by atoms with E-state index >= 15 is 0 Å². The van der Waals surface area contributed by atoms with Crippen LogP contribution in [0.4, 0.5) is 0 Å².